The Kier molecular flexibility index (Phi) is 4.94. The second-order valence-corrected chi connectivity index (χ2v) is 7.65. The van der Waals surface area contributed by atoms with Crippen molar-refractivity contribution in [3.05, 3.63) is 66.2 Å². The number of methoxy groups -OCH3 is 1. The molecule has 2 heterocycles. The minimum absolute atomic E-state index is 0.775. The van der Waals surface area contributed by atoms with Gasteiger partial charge in [0, 0.05) is 11.3 Å². The second kappa shape index (κ2) is 7.67. The van der Waals surface area contributed by atoms with Crippen LogP contribution in [0.2, 0.25) is 0 Å². The monoisotopic (exact) mass is 381 g/mol. The van der Waals surface area contributed by atoms with Crippen LogP contribution in [-0.4, -0.2) is 33.2 Å². The van der Waals surface area contributed by atoms with E-state index in [1.54, 1.807) is 53.8 Å². The van der Waals surface area contributed by atoms with Crippen LogP contribution in [0.1, 0.15) is 11.1 Å². The lowest BCUT2D eigenvalue weighted by molar-refractivity contribution is 0.411. The Labute approximate surface area is 158 Å². The molecular weight excluding hydrogens is 366 g/mol. The minimum Gasteiger partial charge on any atom is -0.496 e. The van der Waals surface area contributed by atoms with Gasteiger partial charge in [-0.3, -0.25) is 0 Å². The quantitative estimate of drug-likeness (QED) is 0.372. The molecule has 0 amide bonds. The Morgan fingerprint density at radius 3 is 2.85 bits per heavy atom. The maximum absolute atomic E-state index is 5.50. The fraction of sp³-hybridized carbons (Fsp3) is 0.111. The van der Waals surface area contributed by atoms with Gasteiger partial charge in [0.1, 0.15) is 18.4 Å². The fourth-order valence-corrected chi connectivity index (χ4v) is 4.48. The molecule has 2 aromatic carbocycles. The molecule has 26 heavy (non-hydrogen) atoms. The predicted octanol–water partition coefficient (Wildman–Crippen LogP) is 4.07. The van der Waals surface area contributed by atoms with Gasteiger partial charge in [0.25, 0.3) is 0 Å². The largest absolute Gasteiger partial charge is 0.496 e. The summed E-state index contributed by atoms with van der Waals surface area (Å²) in [6.07, 6.45) is 4.86. The Bertz CT molecular complexity index is 1010. The van der Waals surface area contributed by atoms with E-state index in [-0.39, 0.29) is 0 Å². The molecule has 4 rings (SSSR count). The molecule has 0 aliphatic heterocycles. The van der Waals surface area contributed by atoms with E-state index < -0.39 is 0 Å². The molecule has 0 spiro atoms. The minimum atomic E-state index is 0.775. The normalized spacial score (nSPS) is 11.4. The third kappa shape index (κ3) is 3.76. The maximum Gasteiger partial charge on any atom is 0.151 e. The van der Waals surface area contributed by atoms with Crippen molar-refractivity contribution in [3.63, 3.8) is 0 Å². The molecule has 0 aliphatic rings. The summed E-state index contributed by atoms with van der Waals surface area (Å²) in [5.41, 5.74) is 3.13. The van der Waals surface area contributed by atoms with E-state index in [0.29, 0.717) is 0 Å². The van der Waals surface area contributed by atoms with E-state index in [9.17, 15) is 0 Å². The first kappa shape index (κ1) is 16.7. The molecule has 0 atom stereocenters. The van der Waals surface area contributed by atoms with E-state index in [4.69, 9.17) is 4.74 Å². The van der Waals surface area contributed by atoms with Gasteiger partial charge in [-0.15, -0.1) is 21.5 Å². The Morgan fingerprint density at radius 1 is 1.19 bits per heavy atom. The molecule has 0 bridgehead atoms. The van der Waals surface area contributed by atoms with Gasteiger partial charge in [0.15, 0.2) is 4.34 Å². The molecule has 0 unspecified atom stereocenters. The highest BCUT2D eigenvalue weighted by molar-refractivity contribution is 8.00. The maximum atomic E-state index is 5.50. The van der Waals surface area contributed by atoms with E-state index in [2.05, 4.69) is 32.4 Å². The van der Waals surface area contributed by atoms with Gasteiger partial charge in [-0.05, 0) is 35.9 Å². The zero-order valence-electron chi connectivity index (χ0n) is 13.9. The van der Waals surface area contributed by atoms with Crippen molar-refractivity contribution in [1.29, 1.82) is 0 Å². The molecule has 0 radical (unpaired) electrons. The van der Waals surface area contributed by atoms with Gasteiger partial charge in [-0.25, -0.2) is 9.66 Å². The average molecular weight is 381 g/mol. The number of hydrogen-bond acceptors (Lipinski definition) is 7. The van der Waals surface area contributed by atoms with E-state index >= 15 is 0 Å². The predicted molar refractivity (Wildman–Crippen MR) is 105 cm³/mol. The van der Waals surface area contributed by atoms with Gasteiger partial charge in [0.2, 0.25) is 0 Å². The van der Waals surface area contributed by atoms with Crippen LogP contribution in [0, 0.1) is 0 Å². The third-order valence-electron chi connectivity index (χ3n) is 3.68. The number of rotatable bonds is 6. The molecule has 130 valence electrons. The summed E-state index contributed by atoms with van der Waals surface area (Å²) in [7, 11) is 1.69. The zero-order valence-corrected chi connectivity index (χ0v) is 15.6. The second-order valence-electron chi connectivity index (χ2n) is 5.39. The Morgan fingerprint density at radius 2 is 2.04 bits per heavy atom. The van der Waals surface area contributed by atoms with Crippen molar-refractivity contribution in [3.8, 4) is 5.75 Å². The van der Waals surface area contributed by atoms with Crippen LogP contribution in [0.25, 0.3) is 10.2 Å². The van der Waals surface area contributed by atoms with Crippen molar-refractivity contribution in [2.75, 3.05) is 7.11 Å². The molecule has 8 heteroatoms. The summed E-state index contributed by atoms with van der Waals surface area (Å²) in [4.78, 5) is 4.67. The number of thioether (sulfide) groups is 1. The Hall–Kier alpha value is -2.71. The zero-order chi connectivity index (χ0) is 17.8. The smallest absolute Gasteiger partial charge is 0.151 e. The standard InChI is InChI=1S/C18H15N5OS2/c1-24-16-7-6-13(9-21-23-11-19-20-12-23)8-14(16)10-25-18-22-15-4-2-3-5-17(15)26-18/h2-9,11-12H,10H2,1H3. The van der Waals surface area contributed by atoms with Gasteiger partial charge in [-0.1, -0.05) is 23.9 Å². The van der Waals surface area contributed by atoms with Crippen LogP contribution in [-0.2, 0) is 5.75 Å². The lowest BCUT2D eigenvalue weighted by Gasteiger charge is -2.08. The van der Waals surface area contributed by atoms with Crippen molar-refractivity contribution < 1.29 is 4.74 Å². The lowest BCUT2D eigenvalue weighted by Crippen LogP contribution is -1.94. The number of thiazole rings is 1. The van der Waals surface area contributed by atoms with Crippen molar-refractivity contribution in [1.82, 2.24) is 19.9 Å². The molecule has 0 fully saturated rings. The number of aromatic nitrogens is 4. The molecule has 0 aliphatic carbocycles. The van der Waals surface area contributed by atoms with Crippen LogP contribution in [0.15, 0.2) is 64.6 Å². The number of para-hydroxylation sites is 1. The number of nitrogens with zero attached hydrogens (tertiary/aromatic N) is 5. The lowest BCUT2D eigenvalue weighted by atomic mass is 10.1. The highest BCUT2D eigenvalue weighted by Crippen LogP contribution is 2.33. The first-order chi connectivity index (χ1) is 12.8. The van der Waals surface area contributed by atoms with Crippen molar-refractivity contribution in [2.24, 2.45) is 5.10 Å². The first-order valence-electron chi connectivity index (χ1n) is 7.86. The third-order valence-corrected chi connectivity index (χ3v) is 5.90. The summed E-state index contributed by atoms with van der Waals surface area (Å²) in [6.45, 7) is 0. The van der Waals surface area contributed by atoms with Crippen LogP contribution < -0.4 is 4.74 Å². The van der Waals surface area contributed by atoms with Crippen LogP contribution >= 0.6 is 23.1 Å². The van der Waals surface area contributed by atoms with E-state index in [1.807, 2.05) is 30.3 Å². The van der Waals surface area contributed by atoms with Crippen molar-refractivity contribution in [2.45, 2.75) is 10.1 Å². The highest BCUT2D eigenvalue weighted by Gasteiger charge is 2.08. The SMILES string of the molecule is COc1ccc(C=Nn2cnnc2)cc1CSc1nc2ccccc2s1. The summed E-state index contributed by atoms with van der Waals surface area (Å²) in [5, 5.41) is 11.7. The fourth-order valence-electron chi connectivity index (χ4n) is 2.43. The molecule has 0 saturated carbocycles. The number of hydrogen-bond donors (Lipinski definition) is 0. The molecule has 4 aromatic rings. The molecule has 2 aromatic heterocycles. The molecule has 0 saturated heterocycles. The average Bonchev–Trinajstić information content (AvgIpc) is 3.33. The van der Waals surface area contributed by atoms with Crippen LogP contribution in [0.5, 0.6) is 5.75 Å². The highest BCUT2D eigenvalue weighted by atomic mass is 32.2. The van der Waals surface area contributed by atoms with E-state index in [0.717, 1.165) is 32.5 Å². The first-order valence-corrected chi connectivity index (χ1v) is 9.66. The van der Waals surface area contributed by atoms with Gasteiger partial charge < -0.3 is 4.74 Å². The van der Waals surface area contributed by atoms with Crippen LogP contribution in [0.4, 0.5) is 0 Å². The molecule has 0 N–H and O–H groups in total. The number of fused-ring (bicyclic) bond motifs is 1. The number of benzene rings is 2. The number of ether oxygens (including phenoxy) is 1. The summed E-state index contributed by atoms with van der Waals surface area (Å²) < 4.78 is 9.31. The molecular formula is C18H15N5OS2. The van der Waals surface area contributed by atoms with Gasteiger partial charge in [-0.2, -0.15) is 5.10 Å². The summed E-state index contributed by atoms with van der Waals surface area (Å²) in [5.74, 6) is 1.64. The van der Waals surface area contributed by atoms with Gasteiger partial charge in [0.05, 0.1) is 23.5 Å². The topological polar surface area (TPSA) is 65.2 Å². The van der Waals surface area contributed by atoms with E-state index in [1.165, 1.54) is 4.70 Å². The van der Waals surface area contributed by atoms with Gasteiger partial charge >= 0.3 is 0 Å². The van der Waals surface area contributed by atoms with Crippen molar-refractivity contribution >= 4 is 39.5 Å². The van der Waals surface area contributed by atoms with Crippen LogP contribution in [0.3, 0.4) is 0 Å². The molecule has 6 nitrogen and oxygen atoms in total. The Balaban J connectivity index is 1.53. The summed E-state index contributed by atoms with van der Waals surface area (Å²) in [6, 6.07) is 14.2. The summed E-state index contributed by atoms with van der Waals surface area (Å²) >= 11 is 3.42.